The van der Waals surface area contributed by atoms with E-state index in [0.717, 1.165) is 11.3 Å². The number of nitrogens with one attached hydrogen (secondary N) is 1. The first-order chi connectivity index (χ1) is 13.3. The summed E-state index contributed by atoms with van der Waals surface area (Å²) in [6.07, 6.45) is 0.645. The van der Waals surface area contributed by atoms with Crippen LogP contribution < -0.4 is 5.32 Å². The standard InChI is InChI=1S/C20H20N2O4S2/c1-14-2-6-16(7-3-14)28(25,26)17-8-4-15(5-9-17)12-22-18(23)20(21-19(22)24)10-11-27-13-20/h2-9H,10-13H2,1H3,(H,21,24)/t20-/m1/s1. The number of hydrogen-bond acceptors (Lipinski definition) is 5. The highest BCUT2D eigenvalue weighted by Crippen LogP contribution is 2.34. The molecule has 1 N–H and O–H groups in total. The van der Waals surface area contributed by atoms with Gasteiger partial charge in [-0.05, 0) is 48.9 Å². The SMILES string of the molecule is Cc1ccc(S(=O)(=O)c2ccc(CN3C(=O)N[C@@]4(CCSC4)C3=O)cc2)cc1. The molecule has 0 radical (unpaired) electrons. The zero-order valence-electron chi connectivity index (χ0n) is 15.3. The Labute approximate surface area is 168 Å². The minimum absolute atomic E-state index is 0.127. The molecule has 2 saturated heterocycles. The normalized spacial score (nSPS) is 22.1. The van der Waals surface area contributed by atoms with Crippen LogP contribution in [0.5, 0.6) is 0 Å². The number of amides is 3. The van der Waals surface area contributed by atoms with E-state index in [2.05, 4.69) is 5.32 Å². The van der Waals surface area contributed by atoms with Crippen molar-refractivity contribution in [1.29, 1.82) is 0 Å². The molecule has 2 aliphatic heterocycles. The molecule has 6 nitrogen and oxygen atoms in total. The number of hydrogen-bond donors (Lipinski definition) is 1. The van der Waals surface area contributed by atoms with Crippen LogP contribution in [0.15, 0.2) is 58.3 Å². The maximum absolute atomic E-state index is 12.7. The Kier molecular flexibility index (Phi) is 4.71. The average Bonchev–Trinajstić information content (AvgIpc) is 3.23. The van der Waals surface area contributed by atoms with E-state index in [4.69, 9.17) is 0 Å². The lowest BCUT2D eigenvalue weighted by atomic mass is 9.99. The minimum atomic E-state index is -3.60. The van der Waals surface area contributed by atoms with Crippen molar-refractivity contribution in [3.8, 4) is 0 Å². The smallest absolute Gasteiger partial charge is 0.322 e. The van der Waals surface area contributed by atoms with E-state index < -0.39 is 15.4 Å². The zero-order chi connectivity index (χ0) is 19.9. The van der Waals surface area contributed by atoms with Gasteiger partial charge in [0.05, 0.1) is 16.3 Å². The summed E-state index contributed by atoms with van der Waals surface area (Å²) in [5.74, 6) is 1.26. The predicted molar refractivity (Wildman–Crippen MR) is 107 cm³/mol. The van der Waals surface area contributed by atoms with Gasteiger partial charge < -0.3 is 5.32 Å². The molecule has 8 heteroatoms. The van der Waals surface area contributed by atoms with Gasteiger partial charge in [-0.3, -0.25) is 9.69 Å². The number of thioether (sulfide) groups is 1. The molecule has 3 amide bonds. The summed E-state index contributed by atoms with van der Waals surface area (Å²) in [4.78, 5) is 26.6. The molecule has 0 saturated carbocycles. The van der Waals surface area contributed by atoms with Crippen molar-refractivity contribution in [2.24, 2.45) is 0 Å². The second kappa shape index (κ2) is 6.93. The summed E-state index contributed by atoms with van der Waals surface area (Å²) >= 11 is 1.66. The summed E-state index contributed by atoms with van der Waals surface area (Å²) in [6, 6.07) is 12.6. The molecule has 0 aliphatic carbocycles. The van der Waals surface area contributed by atoms with Crippen molar-refractivity contribution >= 4 is 33.5 Å². The topological polar surface area (TPSA) is 83.6 Å². The molecule has 4 rings (SSSR count). The molecular weight excluding hydrogens is 396 g/mol. The largest absolute Gasteiger partial charge is 0.325 e. The number of carbonyl (C=O) groups excluding carboxylic acids is 2. The van der Waals surface area contributed by atoms with Gasteiger partial charge in [0, 0.05) is 5.75 Å². The lowest BCUT2D eigenvalue weighted by molar-refractivity contribution is -0.130. The van der Waals surface area contributed by atoms with Crippen LogP contribution in [-0.2, 0) is 21.2 Å². The third-order valence-electron chi connectivity index (χ3n) is 5.17. The van der Waals surface area contributed by atoms with E-state index in [1.54, 1.807) is 48.2 Å². The summed E-state index contributed by atoms with van der Waals surface area (Å²) in [5.41, 5.74) is 0.923. The maximum Gasteiger partial charge on any atom is 0.325 e. The summed E-state index contributed by atoms with van der Waals surface area (Å²) in [7, 11) is -3.60. The molecule has 2 aliphatic rings. The van der Waals surface area contributed by atoms with Gasteiger partial charge in [-0.1, -0.05) is 29.8 Å². The number of rotatable bonds is 4. The predicted octanol–water partition coefficient (Wildman–Crippen LogP) is 2.76. The van der Waals surface area contributed by atoms with Crippen molar-refractivity contribution in [2.45, 2.75) is 35.2 Å². The monoisotopic (exact) mass is 416 g/mol. The Balaban J connectivity index is 1.53. The number of urea groups is 1. The van der Waals surface area contributed by atoms with Crippen LogP contribution >= 0.6 is 11.8 Å². The van der Waals surface area contributed by atoms with Crippen molar-refractivity contribution in [3.63, 3.8) is 0 Å². The van der Waals surface area contributed by atoms with Gasteiger partial charge in [0.1, 0.15) is 5.54 Å². The number of nitrogens with zero attached hydrogens (tertiary/aromatic N) is 1. The highest BCUT2D eigenvalue weighted by atomic mass is 32.2. The van der Waals surface area contributed by atoms with Crippen molar-refractivity contribution in [1.82, 2.24) is 10.2 Å². The van der Waals surface area contributed by atoms with Crippen molar-refractivity contribution < 1.29 is 18.0 Å². The molecule has 0 aromatic heterocycles. The van der Waals surface area contributed by atoms with Crippen molar-refractivity contribution in [3.05, 3.63) is 59.7 Å². The maximum atomic E-state index is 12.7. The van der Waals surface area contributed by atoms with Crippen LogP contribution in [0.2, 0.25) is 0 Å². The fourth-order valence-corrected chi connectivity index (χ4v) is 6.05. The fraction of sp³-hybridized carbons (Fsp3) is 0.300. The number of carbonyl (C=O) groups is 2. The van der Waals surface area contributed by atoms with E-state index in [0.29, 0.717) is 17.7 Å². The van der Waals surface area contributed by atoms with Gasteiger partial charge in [0.25, 0.3) is 5.91 Å². The number of sulfone groups is 1. The van der Waals surface area contributed by atoms with Crippen molar-refractivity contribution in [2.75, 3.05) is 11.5 Å². The molecule has 2 fully saturated rings. The summed E-state index contributed by atoms with van der Waals surface area (Å²) < 4.78 is 25.5. The van der Waals surface area contributed by atoms with Crippen LogP contribution in [-0.4, -0.2) is 42.3 Å². The molecule has 2 aromatic carbocycles. The van der Waals surface area contributed by atoms with Gasteiger partial charge in [0.15, 0.2) is 0 Å². The lowest BCUT2D eigenvalue weighted by Gasteiger charge is -2.19. The Morgan fingerprint density at radius 3 is 2.21 bits per heavy atom. The Morgan fingerprint density at radius 1 is 1.04 bits per heavy atom. The van der Waals surface area contributed by atoms with Crippen LogP contribution in [0.25, 0.3) is 0 Å². The highest BCUT2D eigenvalue weighted by molar-refractivity contribution is 7.99. The first-order valence-electron chi connectivity index (χ1n) is 8.94. The van der Waals surface area contributed by atoms with E-state index in [9.17, 15) is 18.0 Å². The third kappa shape index (κ3) is 3.20. The molecule has 1 atom stereocenters. The summed E-state index contributed by atoms with van der Waals surface area (Å²) in [5, 5.41) is 2.83. The van der Waals surface area contributed by atoms with Crippen LogP contribution in [0.3, 0.4) is 0 Å². The van der Waals surface area contributed by atoms with E-state index in [1.807, 2.05) is 6.92 Å². The second-order valence-corrected chi connectivity index (χ2v) is 10.2. The third-order valence-corrected chi connectivity index (χ3v) is 8.15. The molecule has 2 aromatic rings. The molecule has 146 valence electrons. The number of aryl methyl sites for hydroxylation is 1. The van der Waals surface area contributed by atoms with Crippen LogP contribution in [0.1, 0.15) is 17.5 Å². The Hall–Kier alpha value is -2.32. The second-order valence-electron chi connectivity index (χ2n) is 7.17. The first kappa shape index (κ1) is 19.0. The van der Waals surface area contributed by atoms with E-state index >= 15 is 0 Å². The Morgan fingerprint density at radius 2 is 1.64 bits per heavy atom. The molecule has 0 unspecified atom stereocenters. The quantitative estimate of drug-likeness (QED) is 0.775. The number of imide groups is 1. The van der Waals surface area contributed by atoms with E-state index in [1.165, 1.54) is 17.0 Å². The number of benzene rings is 2. The fourth-order valence-electron chi connectivity index (χ4n) is 3.46. The van der Waals surface area contributed by atoms with Crippen LogP contribution in [0, 0.1) is 6.92 Å². The van der Waals surface area contributed by atoms with Gasteiger partial charge in [-0.2, -0.15) is 11.8 Å². The first-order valence-corrected chi connectivity index (χ1v) is 11.6. The molecule has 0 bridgehead atoms. The van der Waals surface area contributed by atoms with Gasteiger partial charge >= 0.3 is 6.03 Å². The van der Waals surface area contributed by atoms with Gasteiger partial charge in [0.2, 0.25) is 9.84 Å². The molecule has 1 spiro atoms. The minimum Gasteiger partial charge on any atom is -0.322 e. The average molecular weight is 417 g/mol. The van der Waals surface area contributed by atoms with Gasteiger partial charge in [-0.25, -0.2) is 13.2 Å². The van der Waals surface area contributed by atoms with Crippen LogP contribution in [0.4, 0.5) is 4.79 Å². The Bertz CT molecular complexity index is 1020. The molecular formula is C20H20N2O4S2. The molecule has 2 heterocycles. The van der Waals surface area contributed by atoms with Gasteiger partial charge in [-0.15, -0.1) is 0 Å². The highest BCUT2D eigenvalue weighted by Gasteiger charge is 2.52. The summed E-state index contributed by atoms with van der Waals surface area (Å²) in [6.45, 7) is 2.03. The zero-order valence-corrected chi connectivity index (χ0v) is 17.0. The lowest BCUT2D eigenvalue weighted by Crippen LogP contribution is -2.46. The molecule has 28 heavy (non-hydrogen) atoms. The van der Waals surface area contributed by atoms with E-state index in [-0.39, 0.29) is 28.3 Å².